The molecule has 0 amide bonds. The fraction of sp³-hybridized carbons (Fsp3) is 0. The monoisotopic (exact) mass is 666 g/mol. The predicted octanol–water partition coefficient (Wildman–Crippen LogP) is 6.25. The molecule has 0 spiro atoms. The summed E-state index contributed by atoms with van der Waals surface area (Å²) in [5, 5.41) is 1.59. The topological polar surface area (TPSA) is 0 Å². The Kier molecular flexibility index (Phi) is 7.91. The quantitative estimate of drug-likeness (QED) is 0.220. The second kappa shape index (κ2) is 10.6. The molecule has 0 saturated heterocycles. The maximum atomic E-state index is 6.30. The molecule has 0 bridgehead atoms. The number of hydrogen-bond acceptors (Lipinski definition) is 1. The molecular weight excluding hydrogens is 646 g/mol. The Hall–Kier alpha value is -0.611. The van der Waals surface area contributed by atoms with E-state index in [1.54, 1.807) is 0 Å². The van der Waals surface area contributed by atoms with Gasteiger partial charge in [-0.3, -0.25) is 0 Å². The van der Waals surface area contributed by atoms with Gasteiger partial charge in [-0.05, 0) is 0 Å². The molecule has 0 aliphatic carbocycles. The van der Waals surface area contributed by atoms with E-state index in [4.69, 9.17) is 23.2 Å². The fourth-order valence-corrected chi connectivity index (χ4v) is 19.5. The van der Waals surface area contributed by atoms with Crippen LogP contribution in [0.25, 0.3) is 22.3 Å². The minimum atomic E-state index is -0.375. The number of rotatable bonds is 6. The molecule has 0 aliphatic rings. The van der Waals surface area contributed by atoms with Crippen LogP contribution in [0.15, 0.2) is 97.1 Å². The van der Waals surface area contributed by atoms with Crippen LogP contribution in [0.1, 0.15) is 0 Å². The van der Waals surface area contributed by atoms with Crippen LogP contribution in [0, 0.1) is 0 Å². The Morgan fingerprint density at radius 1 is 0.517 bits per heavy atom. The number of benzene rings is 4. The summed E-state index contributed by atoms with van der Waals surface area (Å²) >= 11 is 11.9. The summed E-state index contributed by atoms with van der Waals surface area (Å²) < 4.78 is 2.91. The van der Waals surface area contributed by atoms with E-state index in [-0.39, 0.29) is 39.1 Å². The van der Waals surface area contributed by atoms with Crippen LogP contribution in [0.3, 0.4) is 0 Å². The number of halogens is 2. The van der Waals surface area contributed by atoms with Crippen molar-refractivity contribution in [3.8, 4) is 22.3 Å². The van der Waals surface area contributed by atoms with Crippen LogP contribution >= 0.6 is 29.4 Å². The van der Waals surface area contributed by atoms with Gasteiger partial charge in [0.15, 0.2) is 0 Å². The van der Waals surface area contributed by atoms with Crippen LogP contribution in [-0.2, 0) is 0 Å². The van der Waals surface area contributed by atoms with Crippen LogP contribution < -0.4 is 7.22 Å². The molecule has 4 rings (SSSR count). The van der Waals surface area contributed by atoms with E-state index in [1.165, 1.54) is 29.5 Å². The van der Waals surface area contributed by atoms with Crippen LogP contribution in [0.2, 0.25) is 10.0 Å². The van der Waals surface area contributed by atoms with Gasteiger partial charge in [0.1, 0.15) is 0 Å². The Morgan fingerprint density at radius 3 is 1.34 bits per heavy atom. The molecule has 0 radical (unpaired) electrons. The Morgan fingerprint density at radius 2 is 0.931 bits per heavy atom. The van der Waals surface area contributed by atoms with E-state index in [0.29, 0.717) is 0 Å². The summed E-state index contributed by atoms with van der Waals surface area (Å²) in [6.07, 6.45) is 2.16. The summed E-state index contributed by atoms with van der Waals surface area (Å²) in [7, 11) is 0. The van der Waals surface area contributed by atoms with E-state index >= 15 is 0 Å². The van der Waals surface area contributed by atoms with E-state index < -0.39 is 0 Å². The zero-order valence-corrected chi connectivity index (χ0v) is 22.2. The summed E-state index contributed by atoms with van der Waals surface area (Å²) in [5.74, 6) is 0. The van der Waals surface area contributed by atoms with Gasteiger partial charge in [-0.1, -0.05) is 0 Å². The van der Waals surface area contributed by atoms with Gasteiger partial charge < -0.3 is 0 Å². The van der Waals surface area contributed by atoms with Gasteiger partial charge in [-0.25, -0.2) is 0 Å². The third kappa shape index (κ3) is 5.75. The van der Waals surface area contributed by atoms with Crippen molar-refractivity contribution < 1.29 is 0 Å². The zero-order valence-electron chi connectivity index (χ0n) is 15.2. The molecule has 144 valence electrons. The summed E-state index contributed by atoms with van der Waals surface area (Å²) in [6.45, 7) is 0. The second-order valence-electron chi connectivity index (χ2n) is 6.25. The molecular formula is C24H16Cl2STe2. The molecule has 0 heterocycles. The zero-order chi connectivity index (χ0) is 20.1. The van der Waals surface area contributed by atoms with E-state index in [9.17, 15) is 0 Å². The summed E-state index contributed by atoms with van der Waals surface area (Å²) in [5.41, 5.74) is 5.04. The van der Waals surface area contributed by atoms with E-state index in [0.717, 1.165) is 10.0 Å². The molecule has 0 aromatic heterocycles. The van der Waals surface area contributed by atoms with Gasteiger partial charge in [0.2, 0.25) is 0 Å². The molecule has 5 heteroatoms. The first-order valence-corrected chi connectivity index (χ1v) is 18.4. The first-order valence-electron chi connectivity index (χ1n) is 8.92. The van der Waals surface area contributed by atoms with Gasteiger partial charge in [0.25, 0.3) is 0 Å². The molecule has 29 heavy (non-hydrogen) atoms. The van der Waals surface area contributed by atoms with E-state index in [1.807, 2.05) is 12.1 Å². The third-order valence-corrected chi connectivity index (χ3v) is 19.4. The summed E-state index contributed by atoms with van der Waals surface area (Å²) in [4.78, 5) is 0. The molecule has 0 saturated carbocycles. The molecule has 0 unspecified atom stereocenters. The summed E-state index contributed by atoms with van der Waals surface area (Å²) in [6, 6.07) is 33.8. The van der Waals surface area contributed by atoms with Crippen molar-refractivity contribution in [2.75, 3.05) is 0 Å². The van der Waals surface area contributed by atoms with Gasteiger partial charge in [-0.2, -0.15) is 0 Å². The van der Waals surface area contributed by atoms with Gasteiger partial charge in [0.05, 0.1) is 0 Å². The predicted molar refractivity (Wildman–Crippen MR) is 132 cm³/mol. The average molecular weight is 663 g/mol. The molecule has 4 aromatic rings. The maximum absolute atomic E-state index is 6.30. The first-order chi connectivity index (χ1) is 14.2. The standard InChI is InChI=1S/C24H16Cl2STe2/c25-19-11-13-23(21(15-19)17-7-3-1-4-8-17)28-27-29-24-14-12-20(26)16-22(24)18-9-5-2-6-10-18/h1-16H. The van der Waals surface area contributed by atoms with Crippen molar-refractivity contribution in [1.29, 1.82) is 0 Å². The Bertz CT molecular complexity index is 1010. The fourth-order valence-electron chi connectivity index (χ4n) is 2.93. The minimum absolute atomic E-state index is 0.375. The van der Waals surface area contributed by atoms with Gasteiger partial charge >= 0.3 is 205 Å². The molecule has 4 aromatic carbocycles. The first kappa shape index (κ1) is 21.6. The van der Waals surface area contributed by atoms with Crippen LogP contribution in [0.5, 0.6) is 0 Å². The van der Waals surface area contributed by atoms with E-state index in [2.05, 4.69) is 91.1 Å². The van der Waals surface area contributed by atoms with Crippen molar-refractivity contribution in [2.24, 2.45) is 0 Å². The Balaban J connectivity index is 1.55. The van der Waals surface area contributed by atoms with Gasteiger partial charge in [-0.15, -0.1) is 0 Å². The van der Waals surface area contributed by atoms with Crippen molar-refractivity contribution in [3.63, 3.8) is 0 Å². The molecule has 0 fully saturated rings. The third-order valence-electron chi connectivity index (χ3n) is 4.30. The Labute approximate surface area is 203 Å². The normalized spacial score (nSPS) is 10.8. The number of hydrogen-bond donors (Lipinski definition) is 0. The second-order valence-corrected chi connectivity index (χ2v) is 21.9. The van der Waals surface area contributed by atoms with Crippen molar-refractivity contribution in [1.82, 2.24) is 0 Å². The average Bonchev–Trinajstić information content (AvgIpc) is 2.77. The molecule has 0 nitrogen and oxygen atoms in total. The van der Waals surface area contributed by atoms with Crippen molar-refractivity contribution in [2.45, 2.75) is 0 Å². The van der Waals surface area contributed by atoms with Crippen molar-refractivity contribution in [3.05, 3.63) is 107 Å². The van der Waals surface area contributed by atoms with Crippen LogP contribution in [-0.4, -0.2) is 39.1 Å². The molecule has 0 N–H and O–H groups in total. The van der Waals surface area contributed by atoms with Gasteiger partial charge in [0, 0.05) is 0 Å². The SMILES string of the molecule is Clc1ccc([Te]S[Te]c2ccc(Cl)cc2-c2ccccc2)c(-c2ccccc2)c1. The van der Waals surface area contributed by atoms with Crippen LogP contribution in [0.4, 0.5) is 0 Å². The molecule has 0 atom stereocenters. The van der Waals surface area contributed by atoms with Crippen molar-refractivity contribution >= 4 is 75.7 Å². The molecule has 0 aliphatic heterocycles.